The van der Waals surface area contributed by atoms with E-state index in [1.807, 2.05) is 0 Å². The molecule has 0 aromatic carbocycles. The van der Waals surface area contributed by atoms with Crippen molar-refractivity contribution < 1.29 is 28.6 Å². The first-order valence-corrected chi connectivity index (χ1v) is 35.8. The van der Waals surface area contributed by atoms with Gasteiger partial charge in [-0.15, -0.1) is 0 Å². The lowest BCUT2D eigenvalue weighted by atomic mass is 10.0. The van der Waals surface area contributed by atoms with E-state index in [4.69, 9.17) is 14.2 Å². The van der Waals surface area contributed by atoms with Gasteiger partial charge in [-0.05, 0) is 83.5 Å². The van der Waals surface area contributed by atoms with Gasteiger partial charge in [-0.3, -0.25) is 14.4 Å². The lowest BCUT2D eigenvalue weighted by Crippen LogP contribution is -2.30. The van der Waals surface area contributed by atoms with Crippen LogP contribution in [0.1, 0.15) is 380 Å². The number of rotatable bonds is 66. The van der Waals surface area contributed by atoms with E-state index in [0.717, 1.165) is 89.9 Å². The van der Waals surface area contributed by atoms with Crippen LogP contribution in [0.15, 0.2) is 60.8 Å². The fourth-order valence-electron chi connectivity index (χ4n) is 10.7. The van der Waals surface area contributed by atoms with Crippen molar-refractivity contribution in [2.24, 2.45) is 0 Å². The third-order valence-corrected chi connectivity index (χ3v) is 16.0. The fourth-order valence-corrected chi connectivity index (χ4v) is 10.7. The molecule has 0 spiro atoms. The minimum atomic E-state index is -0.775. The summed E-state index contributed by atoms with van der Waals surface area (Å²) in [6.45, 7) is 6.57. The van der Waals surface area contributed by atoms with Crippen LogP contribution in [-0.2, 0) is 28.6 Å². The molecule has 0 aliphatic carbocycles. The van der Waals surface area contributed by atoms with Crippen LogP contribution in [-0.4, -0.2) is 37.2 Å². The van der Waals surface area contributed by atoms with Gasteiger partial charge in [0.1, 0.15) is 13.2 Å². The van der Waals surface area contributed by atoms with Crippen LogP contribution in [0.3, 0.4) is 0 Å². The minimum Gasteiger partial charge on any atom is -0.462 e. The SMILES string of the molecule is CC/C=C\C/C=C\C/C=C\C/C=C\CCCCCCCCCCCCCCCCCCC(=O)OCC(COC(=O)CCCCCCC/C=C\CCCCCC)OC(=O)CCCCCCCCCCCCCCCCCCCCCCC. The van der Waals surface area contributed by atoms with E-state index < -0.39 is 6.10 Å². The minimum absolute atomic E-state index is 0.0713. The molecule has 0 rings (SSSR count). The molecule has 0 aliphatic rings. The summed E-state index contributed by atoms with van der Waals surface area (Å²) < 4.78 is 17.0. The Morgan fingerprint density at radius 1 is 0.259 bits per heavy atom. The van der Waals surface area contributed by atoms with Gasteiger partial charge < -0.3 is 14.2 Å². The Morgan fingerprint density at radius 3 is 0.778 bits per heavy atom. The Labute approximate surface area is 504 Å². The average molecular weight is 1130 g/mol. The second-order valence-corrected chi connectivity index (χ2v) is 24.1. The summed E-state index contributed by atoms with van der Waals surface area (Å²) in [5.74, 6) is -0.854. The van der Waals surface area contributed by atoms with Crippen LogP contribution >= 0.6 is 0 Å². The average Bonchev–Trinajstić information content (AvgIpc) is 3.46. The molecule has 0 bridgehead atoms. The standard InChI is InChI=1S/C75H136O6/c1-4-7-10-13-16-19-22-25-27-29-31-33-34-35-36-37-38-39-40-42-43-45-47-50-53-56-59-62-65-68-74(77)80-71-72(70-79-73(76)67-64-61-58-55-52-49-24-21-18-15-12-9-6-3)81-75(78)69-66-63-60-57-54-51-48-46-44-41-32-30-28-26-23-20-17-14-11-8-5-2/h7,10,16,19,21,24-25,27,31,33,72H,4-6,8-9,11-15,17-18,20,22-23,26,28-30,32,34-71H2,1-3H3/b10-7-,19-16-,24-21-,27-25-,33-31-. The summed E-state index contributed by atoms with van der Waals surface area (Å²) in [6.07, 6.45) is 89.7. The number of esters is 3. The number of carbonyl (C=O) groups excluding carboxylic acids is 3. The molecule has 6 heteroatoms. The smallest absolute Gasteiger partial charge is 0.306 e. The highest BCUT2D eigenvalue weighted by atomic mass is 16.6. The van der Waals surface area contributed by atoms with Crippen LogP contribution in [0.5, 0.6) is 0 Å². The maximum Gasteiger partial charge on any atom is 0.306 e. The molecule has 1 atom stereocenters. The Morgan fingerprint density at radius 2 is 0.481 bits per heavy atom. The number of allylic oxidation sites excluding steroid dienone is 10. The van der Waals surface area contributed by atoms with Gasteiger partial charge in [0.2, 0.25) is 0 Å². The van der Waals surface area contributed by atoms with E-state index in [2.05, 4.69) is 81.5 Å². The van der Waals surface area contributed by atoms with Gasteiger partial charge in [-0.2, -0.15) is 0 Å². The first-order chi connectivity index (χ1) is 40.0. The maximum atomic E-state index is 13.0. The van der Waals surface area contributed by atoms with Gasteiger partial charge in [0.15, 0.2) is 6.10 Å². The molecule has 0 heterocycles. The molecule has 0 N–H and O–H groups in total. The highest BCUT2D eigenvalue weighted by Crippen LogP contribution is 2.18. The number of carbonyl (C=O) groups is 3. The zero-order valence-corrected chi connectivity index (χ0v) is 54.3. The van der Waals surface area contributed by atoms with Crippen molar-refractivity contribution in [2.45, 2.75) is 386 Å². The van der Waals surface area contributed by atoms with E-state index in [1.165, 1.54) is 250 Å². The highest BCUT2D eigenvalue weighted by Gasteiger charge is 2.19. The lowest BCUT2D eigenvalue weighted by molar-refractivity contribution is -0.167. The van der Waals surface area contributed by atoms with Gasteiger partial charge in [0.05, 0.1) is 0 Å². The molecular weight excluding hydrogens is 997 g/mol. The van der Waals surface area contributed by atoms with Crippen LogP contribution in [0.4, 0.5) is 0 Å². The number of unbranched alkanes of at least 4 members (excludes halogenated alkanes) is 45. The number of hydrogen-bond acceptors (Lipinski definition) is 6. The Balaban J connectivity index is 4.20. The molecule has 0 amide bonds. The maximum absolute atomic E-state index is 13.0. The monoisotopic (exact) mass is 1130 g/mol. The van der Waals surface area contributed by atoms with Crippen molar-refractivity contribution >= 4 is 17.9 Å². The molecule has 6 nitrogen and oxygen atoms in total. The first kappa shape index (κ1) is 78.1. The zero-order chi connectivity index (χ0) is 58.5. The molecule has 0 aromatic heterocycles. The second kappa shape index (κ2) is 69.6. The lowest BCUT2D eigenvalue weighted by Gasteiger charge is -2.18. The molecular formula is C75H136O6. The van der Waals surface area contributed by atoms with Gasteiger partial charge in [-0.25, -0.2) is 0 Å². The molecule has 81 heavy (non-hydrogen) atoms. The third kappa shape index (κ3) is 67.8. The number of hydrogen-bond donors (Lipinski definition) is 0. The molecule has 0 radical (unpaired) electrons. The van der Waals surface area contributed by atoms with Crippen LogP contribution in [0.2, 0.25) is 0 Å². The summed E-state index contributed by atoms with van der Waals surface area (Å²) in [5, 5.41) is 0. The molecule has 0 aromatic rings. The van der Waals surface area contributed by atoms with E-state index in [1.54, 1.807) is 0 Å². The first-order valence-electron chi connectivity index (χ1n) is 35.8. The molecule has 472 valence electrons. The second-order valence-electron chi connectivity index (χ2n) is 24.1. The van der Waals surface area contributed by atoms with Crippen molar-refractivity contribution in [2.75, 3.05) is 13.2 Å². The topological polar surface area (TPSA) is 78.9 Å². The number of ether oxygens (including phenoxy) is 3. The van der Waals surface area contributed by atoms with Crippen molar-refractivity contribution in [3.8, 4) is 0 Å². The summed E-state index contributed by atoms with van der Waals surface area (Å²) in [7, 11) is 0. The zero-order valence-electron chi connectivity index (χ0n) is 54.3. The van der Waals surface area contributed by atoms with Crippen molar-refractivity contribution in [3.05, 3.63) is 60.8 Å². The summed E-state index contributed by atoms with van der Waals surface area (Å²) >= 11 is 0. The van der Waals surface area contributed by atoms with E-state index >= 15 is 0 Å². The third-order valence-electron chi connectivity index (χ3n) is 16.0. The van der Waals surface area contributed by atoms with Crippen LogP contribution < -0.4 is 0 Å². The van der Waals surface area contributed by atoms with Gasteiger partial charge in [0.25, 0.3) is 0 Å². The molecule has 0 saturated heterocycles. The van der Waals surface area contributed by atoms with E-state index in [0.29, 0.717) is 19.3 Å². The van der Waals surface area contributed by atoms with Crippen molar-refractivity contribution in [1.82, 2.24) is 0 Å². The van der Waals surface area contributed by atoms with E-state index in [-0.39, 0.29) is 31.1 Å². The van der Waals surface area contributed by atoms with Gasteiger partial charge >= 0.3 is 17.9 Å². The predicted molar refractivity (Wildman–Crippen MR) is 353 cm³/mol. The summed E-state index contributed by atoms with van der Waals surface area (Å²) in [4.78, 5) is 38.4. The fraction of sp³-hybridized carbons (Fsp3) is 0.827. The molecule has 0 fully saturated rings. The van der Waals surface area contributed by atoms with E-state index in [9.17, 15) is 14.4 Å². The Kier molecular flexibility index (Phi) is 67.1. The van der Waals surface area contributed by atoms with Gasteiger partial charge in [-0.1, -0.05) is 338 Å². The van der Waals surface area contributed by atoms with Crippen LogP contribution in [0.25, 0.3) is 0 Å². The largest absolute Gasteiger partial charge is 0.462 e. The predicted octanol–water partition coefficient (Wildman–Crippen LogP) is 24.7. The summed E-state index contributed by atoms with van der Waals surface area (Å²) in [6, 6.07) is 0. The van der Waals surface area contributed by atoms with Crippen LogP contribution in [0, 0.1) is 0 Å². The normalized spacial score (nSPS) is 12.4. The highest BCUT2D eigenvalue weighted by molar-refractivity contribution is 5.71. The summed E-state index contributed by atoms with van der Waals surface area (Å²) in [5.41, 5.74) is 0. The van der Waals surface area contributed by atoms with Crippen molar-refractivity contribution in [1.29, 1.82) is 0 Å². The Hall–Kier alpha value is -2.89. The van der Waals surface area contributed by atoms with Crippen molar-refractivity contribution in [3.63, 3.8) is 0 Å². The van der Waals surface area contributed by atoms with Gasteiger partial charge in [0, 0.05) is 19.3 Å². The molecule has 0 aliphatic heterocycles. The Bertz CT molecular complexity index is 1440. The molecule has 0 saturated carbocycles. The quantitative estimate of drug-likeness (QED) is 0.0261. The molecule has 1 unspecified atom stereocenters.